The first-order valence-corrected chi connectivity index (χ1v) is 11.8. The van der Waals surface area contributed by atoms with E-state index in [-0.39, 0.29) is 5.37 Å². The maximum atomic E-state index is 6.26. The summed E-state index contributed by atoms with van der Waals surface area (Å²) in [5.41, 5.74) is 6.23. The van der Waals surface area contributed by atoms with Crippen LogP contribution in [-0.2, 0) is 6.61 Å². The predicted molar refractivity (Wildman–Crippen MR) is 133 cm³/mol. The molecule has 4 nitrogen and oxygen atoms in total. The summed E-state index contributed by atoms with van der Waals surface area (Å²) in [5.74, 6) is 1.35. The molecule has 0 unspecified atom stereocenters. The van der Waals surface area contributed by atoms with Gasteiger partial charge in [-0.05, 0) is 52.4 Å². The largest absolute Gasteiger partial charge is 0.493 e. The minimum absolute atomic E-state index is 0.00221. The van der Waals surface area contributed by atoms with Crippen LogP contribution in [0.25, 0.3) is 0 Å². The second kappa shape index (κ2) is 9.68. The van der Waals surface area contributed by atoms with Gasteiger partial charge in [-0.25, -0.2) is 0 Å². The van der Waals surface area contributed by atoms with Gasteiger partial charge in [0.05, 0.1) is 10.7 Å². The highest BCUT2D eigenvalue weighted by atomic mass is 127. The van der Waals surface area contributed by atoms with E-state index >= 15 is 0 Å². The van der Waals surface area contributed by atoms with Gasteiger partial charge in [0.15, 0.2) is 11.5 Å². The van der Waals surface area contributed by atoms with E-state index in [1.165, 1.54) is 0 Å². The van der Waals surface area contributed by atoms with E-state index in [1.54, 1.807) is 31.0 Å². The Morgan fingerprint density at radius 3 is 2.63 bits per heavy atom. The Balaban J connectivity index is 1.51. The fourth-order valence-corrected chi connectivity index (χ4v) is 5.18. The van der Waals surface area contributed by atoms with Crippen LogP contribution in [0.2, 0.25) is 10.0 Å². The summed E-state index contributed by atoms with van der Waals surface area (Å²) in [7, 11) is 1.64. The van der Waals surface area contributed by atoms with Crippen molar-refractivity contribution in [3.8, 4) is 11.5 Å². The fourth-order valence-electron chi connectivity index (χ4n) is 2.96. The number of thioether (sulfide) groups is 1. The predicted octanol–water partition coefficient (Wildman–Crippen LogP) is 6.88. The average molecular weight is 571 g/mol. The number of halogens is 3. The van der Waals surface area contributed by atoms with Crippen LogP contribution in [0.15, 0.2) is 65.8 Å². The van der Waals surface area contributed by atoms with Gasteiger partial charge in [0.1, 0.15) is 17.0 Å². The van der Waals surface area contributed by atoms with E-state index < -0.39 is 0 Å². The summed E-state index contributed by atoms with van der Waals surface area (Å²) < 4.78 is 12.6. The van der Waals surface area contributed by atoms with Crippen molar-refractivity contribution in [2.24, 2.45) is 5.10 Å². The molecule has 0 bridgehead atoms. The summed E-state index contributed by atoms with van der Waals surface area (Å²) in [5, 5.41) is 6.63. The molecule has 4 rings (SSSR count). The fraction of sp³-hybridized carbons (Fsp3) is 0.136. The van der Waals surface area contributed by atoms with Crippen LogP contribution in [0, 0.1) is 3.57 Å². The van der Waals surface area contributed by atoms with Crippen molar-refractivity contribution in [3.63, 3.8) is 0 Å². The summed E-state index contributed by atoms with van der Waals surface area (Å²) in [6, 6.07) is 19.6. The van der Waals surface area contributed by atoms with E-state index in [1.807, 2.05) is 30.3 Å². The van der Waals surface area contributed by atoms with Crippen LogP contribution in [0.1, 0.15) is 22.1 Å². The third kappa shape index (κ3) is 4.82. The Kier molecular flexibility index (Phi) is 6.98. The van der Waals surface area contributed by atoms with Crippen LogP contribution >= 0.6 is 57.6 Å². The molecule has 0 fully saturated rings. The van der Waals surface area contributed by atoms with Gasteiger partial charge in [0.25, 0.3) is 0 Å². The van der Waals surface area contributed by atoms with Crippen molar-refractivity contribution in [1.82, 2.24) is 5.43 Å². The number of nitrogens with one attached hydrogen (secondary N) is 1. The van der Waals surface area contributed by atoms with Gasteiger partial charge in [-0.1, -0.05) is 71.4 Å². The second-order valence-corrected chi connectivity index (χ2v) is 9.57. The maximum absolute atomic E-state index is 6.26. The molecule has 0 spiro atoms. The van der Waals surface area contributed by atoms with Gasteiger partial charge in [0.2, 0.25) is 0 Å². The van der Waals surface area contributed by atoms with Crippen molar-refractivity contribution in [3.05, 3.63) is 91.0 Å². The topological polar surface area (TPSA) is 42.8 Å². The monoisotopic (exact) mass is 570 g/mol. The number of methoxy groups -OCH3 is 1. The molecule has 1 N–H and O–H groups in total. The second-order valence-electron chi connectivity index (χ2n) is 6.47. The lowest BCUT2D eigenvalue weighted by molar-refractivity contribution is 0.282. The van der Waals surface area contributed by atoms with Crippen molar-refractivity contribution >= 4 is 62.6 Å². The molecule has 3 aromatic carbocycles. The molecule has 0 amide bonds. The van der Waals surface area contributed by atoms with Crippen LogP contribution in [-0.4, -0.2) is 12.2 Å². The van der Waals surface area contributed by atoms with E-state index in [9.17, 15) is 0 Å². The Hall–Kier alpha value is -1.61. The Labute approximate surface area is 203 Å². The number of rotatable bonds is 6. The minimum atomic E-state index is 0.00221. The van der Waals surface area contributed by atoms with Gasteiger partial charge in [-0.2, -0.15) is 5.10 Å². The van der Waals surface area contributed by atoms with Crippen LogP contribution in [0.4, 0.5) is 0 Å². The molecule has 1 heterocycles. The van der Waals surface area contributed by atoms with Crippen molar-refractivity contribution in [2.75, 3.05) is 7.11 Å². The molecule has 0 saturated heterocycles. The summed E-state index contributed by atoms with van der Waals surface area (Å²) in [6.07, 6.45) is 0. The smallest absolute Gasteiger partial charge is 0.174 e. The highest BCUT2D eigenvalue weighted by Gasteiger charge is 2.24. The summed E-state index contributed by atoms with van der Waals surface area (Å²) >= 11 is 16.2. The van der Waals surface area contributed by atoms with Crippen LogP contribution in [0.5, 0.6) is 11.5 Å². The number of benzene rings is 3. The molecule has 0 aromatic heterocycles. The molecule has 0 saturated carbocycles. The van der Waals surface area contributed by atoms with Gasteiger partial charge in [-0.15, -0.1) is 0 Å². The first-order valence-electron chi connectivity index (χ1n) is 9.04. The third-order valence-corrected chi connectivity index (χ3v) is 7.03. The molecule has 3 aromatic rings. The van der Waals surface area contributed by atoms with Crippen LogP contribution in [0.3, 0.4) is 0 Å². The van der Waals surface area contributed by atoms with Gasteiger partial charge >= 0.3 is 0 Å². The van der Waals surface area contributed by atoms with E-state index in [4.69, 9.17) is 32.7 Å². The van der Waals surface area contributed by atoms with Gasteiger partial charge < -0.3 is 9.47 Å². The van der Waals surface area contributed by atoms with Crippen LogP contribution < -0.4 is 14.9 Å². The lowest BCUT2D eigenvalue weighted by Crippen LogP contribution is -2.08. The SMILES string of the molecule is COc1cc([C@H]2NN=C(c3ccccc3)S2)cc(I)c1OCc1ccc(Cl)cc1Cl. The first kappa shape index (κ1) is 21.6. The maximum Gasteiger partial charge on any atom is 0.174 e. The summed E-state index contributed by atoms with van der Waals surface area (Å²) in [6.45, 7) is 0.319. The van der Waals surface area contributed by atoms with E-state index in [0.29, 0.717) is 28.2 Å². The molecule has 0 radical (unpaired) electrons. The number of hydrazone groups is 1. The van der Waals surface area contributed by atoms with Crippen molar-refractivity contribution < 1.29 is 9.47 Å². The first-order chi connectivity index (χ1) is 14.5. The molecule has 1 atom stereocenters. The van der Waals surface area contributed by atoms with Gasteiger partial charge in [0, 0.05) is 21.2 Å². The summed E-state index contributed by atoms with van der Waals surface area (Å²) in [4.78, 5) is 0. The number of hydrogen-bond acceptors (Lipinski definition) is 5. The Morgan fingerprint density at radius 1 is 1.10 bits per heavy atom. The molecule has 154 valence electrons. The highest BCUT2D eigenvalue weighted by molar-refractivity contribution is 14.1. The Bertz CT molecular complexity index is 1100. The number of hydrogen-bond donors (Lipinski definition) is 1. The lowest BCUT2D eigenvalue weighted by Gasteiger charge is -2.17. The molecule has 0 aliphatic carbocycles. The van der Waals surface area contributed by atoms with E-state index in [2.05, 4.69) is 51.3 Å². The molecule has 30 heavy (non-hydrogen) atoms. The highest BCUT2D eigenvalue weighted by Crippen LogP contribution is 2.41. The minimum Gasteiger partial charge on any atom is -0.493 e. The average Bonchev–Trinajstić information content (AvgIpc) is 3.24. The Morgan fingerprint density at radius 2 is 1.90 bits per heavy atom. The molecular formula is C22H17Cl2IN2O2S. The normalized spacial score (nSPS) is 15.5. The van der Waals surface area contributed by atoms with Crippen molar-refractivity contribution in [2.45, 2.75) is 12.0 Å². The number of nitrogens with zero attached hydrogens (tertiary/aromatic N) is 1. The standard InChI is InChI=1S/C22H17Cl2IN2O2S/c1-28-19-10-15(22-27-26-21(30-22)13-5-3-2-4-6-13)9-18(25)20(19)29-12-14-7-8-16(23)11-17(14)24/h2-11,22,27H,12H2,1H3/t22-/m0/s1. The van der Waals surface area contributed by atoms with Crippen molar-refractivity contribution in [1.29, 1.82) is 0 Å². The quantitative estimate of drug-likeness (QED) is 0.328. The molecule has 1 aliphatic heterocycles. The zero-order chi connectivity index (χ0) is 21.1. The zero-order valence-electron chi connectivity index (χ0n) is 15.9. The number of ether oxygens (including phenoxy) is 2. The zero-order valence-corrected chi connectivity index (χ0v) is 20.3. The van der Waals surface area contributed by atoms with E-state index in [0.717, 1.165) is 25.3 Å². The molecule has 8 heteroatoms. The lowest BCUT2D eigenvalue weighted by atomic mass is 10.2. The molecular weight excluding hydrogens is 554 g/mol. The molecule has 1 aliphatic rings. The van der Waals surface area contributed by atoms with Gasteiger partial charge in [-0.3, -0.25) is 5.43 Å². The third-order valence-electron chi connectivity index (χ3n) is 4.48.